The number of ketones is 2. The lowest BCUT2D eigenvalue weighted by Crippen LogP contribution is -2.45. The molecular formula is C35H52N4O3S. The van der Waals surface area contributed by atoms with Crippen LogP contribution in [-0.2, 0) is 20.8 Å². The Labute approximate surface area is 262 Å². The van der Waals surface area contributed by atoms with Crippen molar-refractivity contribution in [1.82, 2.24) is 20.1 Å². The first-order valence-corrected chi connectivity index (χ1v) is 17.3. The van der Waals surface area contributed by atoms with Gasteiger partial charge in [0.1, 0.15) is 5.78 Å². The van der Waals surface area contributed by atoms with Gasteiger partial charge in [0.05, 0.1) is 21.1 Å². The molecule has 1 aromatic heterocycles. The number of piperazine rings is 1. The fourth-order valence-corrected chi connectivity index (χ4v) is 7.57. The number of rotatable bonds is 16. The van der Waals surface area contributed by atoms with Crippen LogP contribution in [0.2, 0.25) is 0 Å². The molecule has 43 heavy (non-hydrogen) atoms. The van der Waals surface area contributed by atoms with Crippen LogP contribution in [0.3, 0.4) is 0 Å². The first kappa shape index (κ1) is 33.5. The molecule has 0 radical (unpaired) electrons. The summed E-state index contributed by atoms with van der Waals surface area (Å²) in [5.41, 5.74) is 2.89. The number of aromatic nitrogens is 1. The minimum atomic E-state index is -0.462. The summed E-state index contributed by atoms with van der Waals surface area (Å²) in [5, 5.41) is 4.25. The van der Waals surface area contributed by atoms with E-state index in [0.29, 0.717) is 49.6 Å². The van der Waals surface area contributed by atoms with Crippen LogP contribution in [0.25, 0.3) is 10.2 Å². The van der Waals surface area contributed by atoms with E-state index in [9.17, 15) is 14.4 Å². The molecule has 8 heteroatoms. The Bertz CT molecular complexity index is 1260. The molecule has 0 spiro atoms. The molecule has 1 aromatic carbocycles. The molecule has 2 aliphatic rings. The second-order valence-electron chi connectivity index (χ2n) is 13.2. The molecule has 1 aliphatic heterocycles. The number of likely N-dealkylation sites (N-methyl/N-ethyl adjacent to an activating group) is 1. The normalized spacial score (nSPS) is 18.3. The van der Waals surface area contributed by atoms with E-state index in [1.807, 2.05) is 6.92 Å². The summed E-state index contributed by atoms with van der Waals surface area (Å²) in [5.74, 6) is 0.484. The summed E-state index contributed by atoms with van der Waals surface area (Å²) in [7, 11) is 2.13. The molecule has 1 saturated heterocycles. The first-order chi connectivity index (χ1) is 20.6. The van der Waals surface area contributed by atoms with Crippen molar-refractivity contribution >= 4 is 39.0 Å². The first-order valence-electron chi connectivity index (χ1n) is 16.5. The molecule has 7 nitrogen and oxygen atoms in total. The summed E-state index contributed by atoms with van der Waals surface area (Å²) >= 11 is 1.63. The average molecular weight is 609 g/mol. The molecule has 2 atom stereocenters. The Morgan fingerprint density at radius 2 is 1.81 bits per heavy atom. The maximum atomic E-state index is 13.9. The van der Waals surface area contributed by atoms with E-state index in [-0.39, 0.29) is 29.9 Å². The van der Waals surface area contributed by atoms with Crippen molar-refractivity contribution in [2.75, 3.05) is 39.8 Å². The molecule has 2 heterocycles. The Kier molecular flexibility index (Phi) is 12.5. The Morgan fingerprint density at radius 1 is 1.09 bits per heavy atom. The van der Waals surface area contributed by atoms with Crippen LogP contribution in [0, 0.1) is 11.8 Å². The number of carbonyl (C=O) groups is 3. The molecular weight excluding hydrogens is 556 g/mol. The van der Waals surface area contributed by atoms with Crippen molar-refractivity contribution in [2.24, 2.45) is 11.8 Å². The van der Waals surface area contributed by atoms with Gasteiger partial charge in [-0.3, -0.25) is 19.3 Å². The number of nitrogens with zero attached hydrogens (tertiary/aromatic N) is 3. The van der Waals surface area contributed by atoms with Crippen molar-refractivity contribution in [1.29, 1.82) is 0 Å². The average Bonchev–Trinajstić information content (AvgIpc) is 3.65. The van der Waals surface area contributed by atoms with Crippen LogP contribution in [0.4, 0.5) is 0 Å². The van der Waals surface area contributed by atoms with Gasteiger partial charge in [-0.1, -0.05) is 46.3 Å². The highest BCUT2D eigenvalue weighted by molar-refractivity contribution is 7.18. The van der Waals surface area contributed by atoms with Crippen molar-refractivity contribution in [3.05, 3.63) is 40.9 Å². The van der Waals surface area contributed by atoms with Crippen LogP contribution < -0.4 is 5.32 Å². The Morgan fingerprint density at radius 3 is 2.49 bits per heavy atom. The second kappa shape index (κ2) is 16.1. The van der Waals surface area contributed by atoms with Gasteiger partial charge in [-0.05, 0) is 62.3 Å². The lowest BCUT2D eigenvalue weighted by Gasteiger charge is -2.32. The third-order valence-electron chi connectivity index (χ3n) is 9.30. The highest BCUT2D eigenvalue weighted by Gasteiger charge is 2.31. The van der Waals surface area contributed by atoms with Crippen molar-refractivity contribution in [3.8, 4) is 0 Å². The molecule has 2 fully saturated rings. The molecule has 1 N–H and O–H groups in total. The van der Waals surface area contributed by atoms with Gasteiger partial charge in [0.2, 0.25) is 5.91 Å². The molecule has 236 valence electrons. The van der Waals surface area contributed by atoms with Gasteiger partial charge in [0.15, 0.2) is 5.78 Å². The fraction of sp³-hybridized carbons (Fsp3) is 0.657. The number of carbonyl (C=O) groups excluding carboxylic acids is 3. The highest BCUT2D eigenvalue weighted by Crippen LogP contribution is 2.31. The zero-order valence-electron chi connectivity index (χ0n) is 26.8. The molecule has 4 rings (SSSR count). The predicted molar refractivity (Wildman–Crippen MR) is 177 cm³/mol. The number of hydrogen-bond donors (Lipinski definition) is 1. The number of Topliss-reactive ketones (excluding diaryl/α,β-unsaturated/α-hetero) is 2. The van der Waals surface area contributed by atoms with Gasteiger partial charge in [0, 0.05) is 70.0 Å². The van der Waals surface area contributed by atoms with E-state index in [4.69, 9.17) is 4.98 Å². The van der Waals surface area contributed by atoms with Gasteiger partial charge in [0.25, 0.3) is 0 Å². The van der Waals surface area contributed by atoms with Gasteiger partial charge in [-0.15, -0.1) is 11.3 Å². The smallest absolute Gasteiger partial charge is 0.224 e. The number of benzene rings is 1. The van der Waals surface area contributed by atoms with E-state index in [1.165, 1.54) is 5.56 Å². The van der Waals surface area contributed by atoms with Gasteiger partial charge < -0.3 is 10.2 Å². The monoisotopic (exact) mass is 608 g/mol. The van der Waals surface area contributed by atoms with Crippen LogP contribution in [0.1, 0.15) is 95.0 Å². The number of amides is 1. The summed E-state index contributed by atoms with van der Waals surface area (Å²) in [6, 6.07) is 6.32. The SMILES string of the molecule is C=C(CN1CCN(C)CC1)C(=O)CC[C@@H](NC(=O)[C@@H](CC(=O)CCC)Cc1nc2ccc(C(C)C)cc2s1)C1CCCC1. The largest absolute Gasteiger partial charge is 0.353 e. The molecule has 2 aromatic rings. The molecule has 0 unspecified atom stereocenters. The minimum Gasteiger partial charge on any atom is -0.353 e. The molecule has 1 aliphatic carbocycles. The summed E-state index contributed by atoms with van der Waals surface area (Å²) in [6.07, 6.45) is 7.39. The van der Waals surface area contributed by atoms with E-state index >= 15 is 0 Å². The van der Waals surface area contributed by atoms with E-state index in [1.54, 1.807) is 11.3 Å². The van der Waals surface area contributed by atoms with Crippen LogP contribution >= 0.6 is 11.3 Å². The Balaban J connectivity index is 1.42. The highest BCUT2D eigenvalue weighted by atomic mass is 32.1. The number of thiazole rings is 1. The molecule has 0 bridgehead atoms. The number of hydrogen-bond acceptors (Lipinski definition) is 7. The van der Waals surface area contributed by atoms with Gasteiger partial charge in [-0.25, -0.2) is 4.98 Å². The third kappa shape index (κ3) is 9.79. The summed E-state index contributed by atoms with van der Waals surface area (Å²) in [4.78, 5) is 49.3. The Hall–Kier alpha value is -2.42. The fourth-order valence-electron chi connectivity index (χ4n) is 6.47. The maximum absolute atomic E-state index is 13.9. The molecule has 1 saturated carbocycles. The van der Waals surface area contributed by atoms with Gasteiger partial charge >= 0.3 is 0 Å². The minimum absolute atomic E-state index is 0.0665. The van der Waals surface area contributed by atoms with Gasteiger partial charge in [-0.2, -0.15) is 0 Å². The zero-order valence-corrected chi connectivity index (χ0v) is 27.6. The quantitative estimate of drug-likeness (QED) is 0.230. The third-order valence-corrected chi connectivity index (χ3v) is 10.3. The van der Waals surface area contributed by atoms with E-state index in [0.717, 1.165) is 73.5 Å². The number of nitrogens with one attached hydrogen (secondary N) is 1. The summed E-state index contributed by atoms with van der Waals surface area (Å²) in [6.45, 7) is 15.0. The van der Waals surface area contributed by atoms with Crippen LogP contribution in [-0.4, -0.2) is 78.1 Å². The lowest BCUT2D eigenvalue weighted by molar-refractivity contribution is -0.130. The van der Waals surface area contributed by atoms with Crippen LogP contribution in [0.15, 0.2) is 30.4 Å². The van der Waals surface area contributed by atoms with Crippen molar-refractivity contribution < 1.29 is 14.4 Å². The predicted octanol–water partition coefficient (Wildman–Crippen LogP) is 6.17. The lowest BCUT2D eigenvalue weighted by atomic mass is 9.90. The van der Waals surface area contributed by atoms with E-state index < -0.39 is 5.92 Å². The second-order valence-corrected chi connectivity index (χ2v) is 14.3. The standard InChI is InChI=1S/C35H52N4O3S/c1-6-9-29(40)20-28(22-34-36-31-13-12-27(24(2)3)21-33(31)43-34)35(42)37-30(26-10-7-8-11-26)14-15-32(41)25(4)23-39-18-16-38(5)17-19-39/h12-13,21,24,26,28,30H,4,6-11,14-20,22-23H2,1-3,5H3,(H,37,42)/t28-,30+/m0/s1. The van der Waals surface area contributed by atoms with Crippen molar-refractivity contribution in [2.45, 2.75) is 96.9 Å². The molecule has 1 amide bonds. The number of fused-ring (bicyclic) bond motifs is 1. The maximum Gasteiger partial charge on any atom is 0.224 e. The summed E-state index contributed by atoms with van der Waals surface area (Å²) < 4.78 is 1.12. The van der Waals surface area contributed by atoms with E-state index in [2.05, 4.69) is 60.8 Å². The topological polar surface area (TPSA) is 82.6 Å². The van der Waals surface area contributed by atoms with Crippen LogP contribution in [0.5, 0.6) is 0 Å². The zero-order chi connectivity index (χ0) is 30.9. The van der Waals surface area contributed by atoms with Crippen molar-refractivity contribution in [3.63, 3.8) is 0 Å².